The number of thioether (sulfide) groups is 1. The molecule has 1 N–H and O–H groups in total. The zero-order chi connectivity index (χ0) is 17.9. The molecule has 0 bridgehead atoms. The van der Waals surface area contributed by atoms with Crippen molar-refractivity contribution in [1.29, 1.82) is 0 Å². The molecule has 1 aromatic carbocycles. The Bertz CT molecular complexity index is 749. The largest absolute Gasteiger partial charge is 0.356 e. The van der Waals surface area contributed by atoms with Crippen molar-refractivity contribution >= 4 is 28.8 Å². The lowest BCUT2D eigenvalue weighted by molar-refractivity contribution is 0.375. The van der Waals surface area contributed by atoms with Crippen LogP contribution >= 0.6 is 11.8 Å². The second-order valence-corrected chi connectivity index (χ2v) is 8.96. The third-order valence-electron chi connectivity index (χ3n) is 4.62. The average molecular weight is 360 g/mol. The minimum atomic E-state index is 0.294. The lowest BCUT2D eigenvalue weighted by atomic mass is 10.2. The minimum Gasteiger partial charge on any atom is -0.356 e. The van der Waals surface area contributed by atoms with Crippen LogP contribution in [0.2, 0.25) is 0 Å². The summed E-state index contributed by atoms with van der Waals surface area (Å²) in [6.07, 6.45) is 1.05. The molecule has 0 unspecified atom stereocenters. The van der Waals surface area contributed by atoms with E-state index in [0.717, 1.165) is 55.7 Å². The molecule has 1 aliphatic rings. The van der Waals surface area contributed by atoms with E-state index >= 15 is 0 Å². The van der Waals surface area contributed by atoms with Gasteiger partial charge in [0.2, 0.25) is 0 Å². The van der Waals surface area contributed by atoms with Gasteiger partial charge in [-0.2, -0.15) is 11.8 Å². The second kappa shape index (κ2) is 7.68. The van der Waals surface area contributed by atoms with E-state index in [4.69, 9.17) is 0 Å². The van der Waals surface area contributed by atoms with Gasteiger partial charge in [0.15, 0.2) is 5.96 Å². The molecule has 0 aliphatic carbocycles. The molecule has 0 atom stereocenters. The third kappa shape index (κ3) is 4.29. The Kier molecular flexibility index (Phi) is 5.57. The van der Waals surface area contributed by atoms with Crippen LogP contribution < -0.4 is 5.32 Å². The SMILES string of the molecule is CN=C(NCCCn1c(C)nc2ccccc21)N1CCSC(C)(C)C1. The molecule has 3 rings (SSSR count). The number of guanidine groups is 1. The molecule has 1 aromatic heterocycles. The summed E-state index contributed by atoms with van der Waals surface area (Å²) in [6.45, 7) is 10.7. The number of fused-ring (bicyclic) bond motifs is 1. The van der Waals surface area contributed by atoms with Crippen LogP contribution in [0.4, 0.5) is 0 Å². The molecule has 2 aromatic rings. The standard InChI is InChI=1S/C19H29N5S/c1-15-22-16-8-5-6-9-17(16)24(15)11-7-10-21-18(20-4)23-12-13-25-19(2,3)14-23/h5-6,8-9H,7,10-14H2,1-4H3,(H,20,21). The van der Waals surface area contributed by atoms with Gasteiger partial charge in [0, 0.05) is 43.7 Å². The van der Waals surface area contributed by atoms with Gasteiger partial charge >= 0.3 is 0 Å². The Morgan fingerprint density at radius 3 is 2.92 bits per heavy atom. The van der Waals surface area contributed by atoms with Gasteiger partial charge in [-0.05, 0) is 39.3 Å². The van der Waals surface area contributed by atoms with Crippen molar-refractivity contribution in [3.63, 3.8) is 0 Å². The molecule has 0 amide bonds. The first-order valence-corrected chi connectivity index (χ1v) is 10.0. The monoisotopic (exact) mass is 359 g/mol. The summed E-state index contributed by atoms with van der Waals surface area (Å²) in [5.74, 6) is 3.27. The molecule has 0 radical (unpaired) electrons. The van der Waals surface area contributed by atoms with Crippen LogP contribution in [0, 0.1) is 6.92 Å². The van der Waals surface area contributed by atoms with Crippen LogP contribution in [-0.4, -0.2) is 57.6 Å². The van der Waals surface area contributed by atoms with Crippen LogP contribution in [0.1, 0.15) is 26.1 Å². The van der Waals surface area contributed by atoms with Gasteiger partial charge in [0.1, 0.15) is 5.82 Å². The molecule has 5 nitrogen and oxygen atoms in total. The Morgan fingerprint density at radius 2 is 2.16 bits per heavy atom. The zero-order valence-corrected chi connectivity index (χ0v) is 16.6. The van der Waals surface area contributed by atoms with E-state index in [-0.39, 0.29) is 0 Å². The number of benzene rings is 1. The summed E-state index contributed by atoms with van der Waals surface area (Å²) in [7, 11) is 1.88. The number of hydrogen-bond acceptors (Lipinski definition) is 3. The highest BCUT2D eigenvalue weighted by Gasteiger charge is 2.28. The van der Waals surface area contributed by atoms with Gasteiger partial charge in [-0.3, -0.25) is 4.99 Å². The third-order valence-corrected chi connectivity index (χ3v) is 5.92. The van der Waals surface area contributed by atoms with E-state index in [9.17, 15) is 0 Å². The molecular weight excluding hydrogens is 330 g/mol. The predicted molar refractivity (Wildman–Crippen MR) is 109 cm³/mol. The van der Waals surface area contributed by atoms with Gasteiger partial charge < -0.3 is 14.8 Å². The van der Waals surface area contributed by atoms with Crippen molar-refractivity contribution in [3.8, 4) is 0 Å². The van der Waals surface area contributed by atoms with E-state index in [1.165, 1.54) is 5.52 Å². The van der Waals surface area contributed by atoms with E-state index < -0.39 is 0 Å². The molecule has 2 heterocycles. The number of rotatable bonds is 4. The highest BCUT2D eigenvalue weighted by molar-refractivity contribution is 8.00. The fraction of sp³-hybridized carbons (Fsp3) is 0.579. The lowest BCUT2D eigenvalue weighted by Gasteiger charge is -2.39. The highest BCUT2D eigenvalue weighted by Crippen LogP contribution is 2.29. The molecule has 1 fully saturated rings. The number of hydrogen-bond donors (Lipinski definition) is 1. The van der Waals surface area contributed by atoms with Crippen molar-refractivity contribution < 1.29 is 0 Å². The van der Waals surface area contributed by atoms with Gasteiger partial charge in [0.25, 0.3) is 0 Å². The van der Waals surface area contributed by atoms with E-state index in [2.05, 4.69) is 63.7 Å². The van der Waals surface area contributed by atoms with E-state index in [1.54, 1.807) is 0 Å². The molecule has 6 heteroatoms. The smallest absolute Gasteiger partial charge is 0.193 e. The summed E-state index contributed by atoms with van der Waals surface area (Å²) < 4.78 is 2.60. The fourth-order valence-corrected chi connectivity index (χ4v) is 4.56. The van der Waals surface area contributed by atoms with Crippen LogP contribution in [-0.2, 0) is 6.54 Å². The van der Waals surface area contributed by atoms with Gasteiger partial charge in [-0.1, -0.05) is 12.1 Å². The quantitative estimate of drug-likeness (QED) is 0.517. The normalized spacial score (nSPS) is 17.9. The number of para-hydroxylation sites is 2. The molecule has 1 saturated heterocycles. The Morgan fingerprint density at radius 1 is 1.36 bits per heavy atom. The maximum absolute atomic E-state index is 4.64. The van der Waals surface area contributed by atoms with Crippen molar-refractivity contribution in [2.24, 2.45) is 4.99 Å². The first kappa shape index (κ1) is 18.1. The van der Waals surface area contributed by atoms with Gasteiger partial charge in [-0.25, -0.2) is 4.98 Å². The van der Waals surface area contributed by atoms with Crippen molar-refractivity contribution in [2.75, 3.05) is 32.4 Å². The number of nitrogens with zero attached hydrogens (tertiary/aromatic N) is 4. The van der Waals surface area contributed by atoms with Crippen molar-refractivity contribution in [2.45, 2.75) is 38.5 Å². The molecule has 0 spiro atoms. The first-order chi connectivity index (χ1) is 12.0. The summed E-state index contributed by atoms with van der Waals surface area (Å²) in [6, 6.07) is 8.35. The zero-order valence-electron chi connectivity index (χ0n) is 15.7. The van der Waals surface area contributed by atoms with E-state index in [0.29, 0.717) is 4.75 Å². The number of aliphatic imine (C=N–C) groups is 1. The Balaban J connectivity index is 1.54. The van der Waals surface area contributed by atoms with Gasteiger partial charge in [-0.15, -0.1) is 0 Å². The number of nitrogens with one attached hydrogen (secondary N) is 1. The minimum absolute atomic E-state index is 0.294. The van der Waals surface area contributed by atoms with Crippen molar-refractivity contribution in [3.05, 3.63) is 30.1 Å². The Labute approximate surface area is 154 Å². The summed E-state index contributed by atoms with van der Waals surface area (Å²) >= 11 is 2.05. The van der Waals surface area contributed by atoms with Gasteiger partial charge in [0.05, 0.1) is 11.0 Å². The number of aryl methyl sites for hydroxylation is 2. The first-order valence-electron chi connectivity index (χ1n) is 9.01. The molecule has 1 aliphatic heterocycles. The van der Waals surface area contributed by atoms with Crippen LogP contribution in [0.3, 0.4) is 0 Å². The van der Waals surface area contributed by atoms with Crippen LogP contribution in [0.15, 0.2) is 29.3 Å². The number of aromatic nitrogens is 2. The maximum atomic E-state index is 4.64. The molecule has 136 valence electrons. The molecular formula is C19H29N5S. The number of imidazole rings is 1. The predicted octanol–water partition coefficient (Wildman–Crippen LogP) is 3.14. The molecule has 0 saturated carbocycles. The highest BCUT2D eigenvalue weighted by atomic mass is 32.2. The summed E-state index contributed by atoms with van der Waals surface area (Å²) in [4.78, 5) is 11.5. The van der Waals surface area contributed by atoms with Crippen LogP contribution in [0.25, 0.3) is 11.0 Å². The van der Waals surface area contributed by atoms with E-state index in [1.807, 2.05) is 24.9 Å². The maximum Gasteiger partial charge on any atom is 0.193 e. The van der Waals surface area contributed by atoms with Crippen LogP contribution in [0.5, 0.6) is 0 Å². The Hall–Kier alpha value is -1.69. The fourth-order valence-electron chi connectivity index (χ4n) is 3.45. The second-order valence-electron chi connectivity index (χ2n) is 7.16. The summed E-state index contributed by atoms with van der Waals surface area (Å²) in [5, 5.41) is 3.54. The lowest BCUT2D eigenvalue weighted by Crippen LogP contribution is -2.51. The van der Waals surface area contributed by atoms with Crippen molar-refractivity contribution in [1.82, 2.24) is 19.8 Å². The summed E-state index contributed by atoms with van der Waals surface area (Å²) in [5.41, 5.74) is 2.30. The molecule has 25 heavy (non-hydrogen) atoms. The topological polar surface area (TPSA) is 45.5 Å². The average Bonchev–Trinajstić information content (AvgIpc) is 2.89.